The van der Waals surface area contributed by atoms with Crippen LogP contribution < -0.4 is 10.6 Å². The third-order valence-corrected chi connectivity index (χ3v) is 3.47. The number of rotatable bonds is 8. The van der Waals surface area contributed by atoms with Gasteiger partial charge in [0.2, 0.25) is 0 Å². The van der Waals surface area contributed by atoms with Gasteiger partial charge >= 0.3 is 0 Å². The van der Waals surface area contributed by atoms with Gasteiger partial charge in [-0.2, -0.15) is 0 Å². The molecule has 1 heterocycles. The van der Waals surface area contributed by atoms with E-state index in [1.54, 1.807) is 12.1 Å². The first-order valence-electron chi connectivity index (χ1n) is 8.10. The van der Waals surface area contributed by atoms with Crippen molar-refractivity contribution in [3.63, 3.8) is 0 Å². The summed E-state index contributed by atoms with van der Waals surface area (Å²) in [5, 5.41) is 7.43. The number of nitrogens with zero attached hydrogens (tertiary/aromatic N) is 1. The summed E-state index contributed by atoms with van der Waals surface area (Å²) in [6.07, 6.45) is 2.73. The van der Waals surface area contributed by atoms with E-state index in [1.165, 1.54) is 6.07 Å². The molecule has 0 radical (unpaired) electrons. The standard InChI is InChI=1S/C17H25FN4O/c1-3-19-17(21-9-10-23-4-2)20-8-7-13-12-22-16-6-5-14(18)11-15(13)16/h5-6,11-12,22H,3-4,7-10H2,1-2H3,(H2,19,20,21). The molecule has 5 nitrogen and oxygen atoms in total. The molecule has 0 aliphatic carbocycles. The number of halogens is 1. The number of ether oxygens (including phenoxy) is 1. The van der Waals surface area contributed by atoms with Crippen LogP contribution in [0.5, 0.6) is 0 Å². The monoisotopic (exact) mass is 320 g/mol. The highest BCUT2D eigenvalue weighted by Crippen LogP contribution is 2.19. The molecular formula is C17H25FN4O. The second kappa shape index (κ2) is 9.15. The fraction of sp³-hybridized carbons (Fsp3) is 0.471. The second-order valence-corrected chi connectivity index (χ2v) is 5.14. The minimum Gasteiger partial charge on any atom is -0.380 e. The maximum absolute atomic E-state index is 13.4. The van der Waals surface area contributed by atoms with Crippen LogP contribution in [0.25, 0.3) is 10.9 Å². The van der Waals surface area contributed by atoms with Gasteiger partial charge in [0.15, 0.2) is 5.96 Å². The molecule has 1 aromatic heterocycles. The van der Waals surface area contributed by atoms with E-state index in [2.05, 4.69) is 20.6 Å². The molecule has 0 aliphatic rings. The van der Waals surface area contributed by atoms with Crippen molar-refractivity contribution in [3.8, 4) is 0 Å². The van der Waals surface area contributed by atoms with Crippen molar-refractivity contribution in [1.82, 2.24) is 15.6 Å². The summed E-state index contributed by atoms with van der Waals surface area (Å²) in [6.45, 7) is 7.48. The first-order valence-corrected chi connectivity index (χ1v) is 8.10. The number of hydrogen-bond donors (Lipinski definition) is 3. The van der Waals surface area contributed by atoms with E-state index >= 15 is 0 Å². The SMILES string of the molecule is CCNC(=NCCOCC)NCCc1c[nH]c2ccc(F)cc12. The van der Waals surface area contributed by atoms with Gasteiger partial charge in [0.05, 0.1) is 13.2 Å². The third kappa shape index (κ3) is 5.25. The number of nitrogens with one attached hydrogen (secondary N) is 3. The topological polar surface area (TPSA) is 61.4 Å². The molecule has 3 N–H and O–H groups in total. The van der Waals surface area contributed by atoms with Crippen LogP contribution in [0.1, 0.15) is 19.4 Å². The van der Waals surface area contributed by atoms with Crippen molar-refractivity contribution in [1.29, 1.82) is 0 Å². The number of benzene rings is 1. The van der Waals surface area contributed by atoms with Crippen LogP contribution >= 0.6 is 0 Å². The molecule has 2 rings (SSSR count). The van der Waals surface area contributed by atoms with E-state index in [0.29, 0.717) is 19.8 Å². The van der Waals surface area contributed by atoms with Gasteiger partial charge in [-0.25, -0.2) is 4.39 Å². The number of hydrogen-bond acceptors (Lipinski definition) is 2. The van der Waals surface area contributed by atoms with Crippen LogP contribution in [0.3, 0.4) is 0 Å². The lowest BCUT2D eigenvalue weighted by atomic mass is 10.1. The van der Waals surface area contributed by atoms with E-state index in [1.807, 2.05) is 20.0 Å². The summed E-state index contributed by atoms with van der Waals surface area (Å²) >= 11 is 0. The first kappa shape index (κ1) is 17.3. The van der Waals surface area contributed by atoms with Crippen LogP contribution in [-0.4, -0.2) is 43.8 Å². The molecule has 0 bridgehead atoms. The second-order valence-electron chi connectivity index (χ2n) is 5.14. The van der Waals surface area contributed by atoms with Gasteiger partial charge in [-0.3, -0.25) is 4.99 Å². The molecule has 0 spiro atoms. The Morgan fingerprint density at radius 1 is 1.30 bits per heavy atom. The maximum atomic E-state index is 13.4. The van der Waals surface area contributed by atoms with Crippen molar-refractivity contribution in [2.45, 2.75) is 20.3 Å². The quantitative estimate of drug-likeness (QED) is 0.398. The molecule has 23 heavy (non-hydrogen) atoms. The molecule has 1 aromatic carbocycles. The van der Waals surface area contributed by atoms with Crippen LogP contribution in [0.15, 0.2) is 29.4 Å². The lowest BCUT2D eigenvalue weighted by Gasteiger charge is -2.11. The van der Waals surface area contributed by atoms with Crippen LogP contribution in [0, 0.1) is 5.82 Å². The molecule has 0 saturated heterocycles. The number of guanidine groups is 1. The number of H-pyrrole nitrogens is 1. The Hall–Kier alpha value is -2.08. The molecular weight excluding hydrogens is 295 g/mol. The minimum atomic E-state index is -0.211. The molecule has 2 aromatic rings. The summed E-state index contributed by atoms with van der Waals surface area (Å²) in [6, 6.07) is 4.80. The van der Waals surface area contributed by atoms with Gasteiger partial charge in [0.1, 0.15) is 5.82 Å². The Morgan fingerprint density at radius 2 is 2.17 bits per heavy atom. The smallest absolute Gasteiger partial charge is 0.191 e. The summed E-state index contributed by atoms with van der Waals surface area (Å²) < 4.78 is 18.7. The van der Waals surface area contributed by atoms with Crippen molar-refractivity contribution < 1.29 is 9.13 Å². The van der Waals surface area contributed by atoms with Gasteiger partial charge < -0.3 is 20.4 Å². The number of aliphatic imine (C=N–C) groups is 1. The predicted octanol–water partition coefficient (Wildman–Crippen LogP) is 2.44. The van der Waals surface area contributed by atoms with Crippen LogP contribution in [0.4, 0.5) is 4.39 Å². The Balaban J connectivity index is 1.89. The molecule has 0 saturated carbocycles. The predicted molar refractivity (Wildman–Crippen MR) is 92.4 cm³/mol. The highest BCUT2D eigenvalue weighted by molar-refractivity contribution is 5.83. The van der Waals surface area contributed by atoms with Gasteiger partial charge in [-0.1, -0.05) is 0 Å². The van der Waals surface area contributed by atoms with E-state index in [0.717, 1.165) is 41.9 Å². The molecule has 0 fully saturated rings. The molecule has 0 aliphatic heterocycles. The van der Waals surface area contributed by atoms with E-state index in [9.17, 15) is 4.39 Å². The third-order valence-electron chi connectivity index (χ3n) is 3.47. The average molecular weight is 320 g/mol. The van der Waals surface area contributed by atoms with Gasteiger partial charge in [0.25, 0.3) is 0 Å². The number of aromatic nitrogens is 1. The van der Waals surface area contributed by atoms with Gasteiger partial charge in [-0.05, 0) is 44.0 Å². The highest BCUT2D eigenvalue weighted by atomic mass is 19.1. The zero-order valence-corrected chi connectivity index (χ0v) is 13.8. The molecule has 0 atom stereocenters. The Morgan fingerprint density at radius 3 is 2.96 bits per heavy atom. The zero-order valence-electron chi connectivity index (χ0n) is 13.8. The highest BCUT2D eigenvalue weighted by Gasteiger charge is 2.05. The van der Waals surface area contributed by atoms with Crippen molar-refractivity contribution >= 4 is 16.9 Å². The maximum Gasteiger partial charge on any atom is 0.191 e. The van der Waals surface area contributed by atoms with Gasteiger partial charge in [0, 0.05) is 36.8 Å². The fourth-order valence-electron chi connectivity index (χ4n) is 2.38. The Labute approximate surface area is 136 Å². The zero-order chi connectivity index (χ0) is 16.5. The summed E-state index contributed by atoms with van der Waals surface area (Å²) in [4.78, 5) is 7.62. The van der Waals surface area contributed by atoms with E-state index in [4.69, 9.17) is 4.74 Å². The van der Waals surface area contributed by atoms with Crippen LogP contribution in [-0.2, 0) is 11.2 Å². The summed E-state index contributed by atoms with van der Waals surface area (Å²) in [7, 11) is 0. The summed E-state index contributed by atoms with van der Waals surface area (Å²) in [5.74, 6) is 0.565. The van der Waals surface area contributed by atoms with Crippen LogP contribution in [0.2, 0.25) is 0 Å². The lowest BCUT2D eigenvalue weighted by Crippen LogP contribution is -2.38. The Bertz CT molecular complexity index is 639. The molecule has 6 heteroatoms. The fourth-order valence-corrected chi connectivity index (χ4v) is 2.38. The normalized spacial score (nSPS) is 11.9. The summed E-state index contributed by atoms with van der Waals surface area (Å²) in [5.41, 5.74) is 2.05. The van der Waals surface area contributed by atoms with E-state index < -0.39 is 0 Å². The van der Waals surface area contributed by atoms with E-state index in [-0.39, 0.29) is 5.82 Å². The van der Waals surface area contributed by atoms with Crippen molar-refractivity contribution in [2.75, 3.05) is 32.8 Å². The largest absolute Gasteiger partial charge is 0.380 e. The van der Waals surface area contributed by atoms with Crippen molar-refractivity contribution in [2.24, 2.45) is 4.99 Å². The molecule has 126 valence electrons. The van der Waals surface area contributed by atoms with Crippen molar-refractivity contribution in [3.05, 3.63) is 35.8 Å². The molecule has 0 unspecified atom stereocenters. The van der Waals surface area contributed by atoms with Gasteiger partial charge in [-0.15, -0.1) is 0 Å². The first-order chi connectivity index (χ1) is 11.2. The number of aromatic amines is 1. The average Bonchev–Trinajstić information content (AvgIpc) is 2.94. The molecule has 0 amide bonds. The Kier molecular flexibility index (Phi) is 6.87. The lowest BCUT2D eigenvalue weighted by molar-refractivity contribution is 0.155. The minimum absolute atomic E-state index is 0.211. The number of fused-ring (bicyclic) bond motifs is 1.